The standard InChI is InChI=1S/C16H22N4S/c1-4-17-16(20-11-15-18-9-13(3)21-15)19-10-14-8-6-5-7-12(14)2/h5-9H,4,10-11H2,1-3H3,(H2,17,19,20). The summed E-state index contributed by atoms with van der Waals surface area (Å²) in [6.07, 6.45) is 1.90. The molecule has 1 heterocycles. The predicted molar refractivity (Wildman–Crippen MR) is 89.7 cm³/mol. The quantitative estimate of drug-likeness (QED) is 0.659. The van der Waals surface area contributed by atoms with Crippen LogP contribution in [0.3, 0.4) is 0 Å². The zero-order valence-corrected chi connectivity index (χ0v) is 13.6. The van der Waals surface area contributed by atoms with Crippen molar-refractivity contribution in [2.75, 3.05) is 6.54 Å². The molecular weight excluding hydrogens is 280 g/mol. The number of hydrogen-bond donors (Lipinski definition) is 2. The van der Waals surface area contributed by atoms with Crippen LogP contribution in [-0.2, 0) is 13.1 Å². The summed E-state index contributed by atoms with van der Waals surface area (Å²) < 4.78 is 0. The number of rotatable bonds is 5. The Morgan fingerprint density at radius 1 is 1.24 bits per heavy atom. The molecule has 5 heteroatoms. The number of benzene rings is 1. The van der Waals surface area contributed by atoms with Crippen LogP contribution >= 0.6 is 11.3 Å². The Labute approximate surface area is 130 Å². The molecule has 0 aliphatic rings. The minimum Gasteiger partial charge on any atom is -0.357 e. The highest BCUT2D eigenvalue weighted by Gasteiger charge is 2.02. The Bertz CT molecular complexity index is 604. The third kappa shape index (κ3) is 4.86. The molecule has 112 valence electrons. The van der Waals surface area contributed by atoms with Gasteiger partial charge in [0.25, 0.3) is 0 Å². The van der Waals surface area contributed by atoms with Gasteiger partial charge in [-0.2, -0.15) is 0 Å². The molecule has 0 radical (unpaired) electrons. The Balaban J connectivity index is 1.97. The zero-order chi connectivity index (χ0) is 15.1. The Kier molecular flexibility index (Phi) is 5.75. The van der Waals surface area contributed by atoms with Gasteiger partial charge in [-0.05, 0) is 31.9 Å². The number of guanidine groups is 1. The number of thiazole rings is 1. The minimum absolute atomic E-state index is 0.679. The summed E-state index contributed by atoms with van der Waals surface area (Å²) in [5.41, 5.74) is 2.52. The van der Waals surface area contributed by atoms with Crippen molar-refractivity contribution in [1.29, 1.82) is 0 Å². The molecule has 2 rings (SSSR count). The molecule has 2 aromatic rings. The van der Waals surface area contributed by atoms with Gasteiger partial charge in [0.1, 0.15) is 5.01 Å². The third-order valence-electron chi connectivity index (χ3n) is 3.09. The van der Waals surface area contributed by atoms with Gasteiger partial charge in [-0.25, -0.2) is 9.98 Å². The van der Waals surface area contributed by atoms with Crippen LogP contribution in [0.25, 0.3) is 0 Å². The Morgan fingerprint density at radius 2 is 2.05 bits per heavy atom. The van der Waals surface area contributed by atoms with E-state index >= 15 is 0 Å². The first-order valence-corrected chi connectivity index (χ1v) is 7.98. The Morgan fingerprint density at radius 3 is 2.71 bits per heavy atom. The van der Waals surface area contributed by atoms with Gasteiger partial charge < -0.3 is 10.6 Å². The van der Waals surface area contributed by atoms with Crippen molar-refractivity contribution in [3.63, 3.8) is 0 Å². The topological polar surface area (TPSA) is 49.3 Å². The summed E-state index contributed by atoms with van der Waals surface area (Å²) in [5, 5.41) is 7.67. The van der Waals surface area contributed by atoms with Crippen LogP contribution in [0.5, 0.6) is 0 Å². The van der Waals surface area contributed by atoms with Crippen LogP contribution < -0.4 is 10.6 Å². The summed E-state index contributed by atoms with van der Waals surface area (Å²) in [7, 11) is 0. The van der Waals surface area contributed by atoms with Crippen molar-refractivity contribution >= 4 is 17.3 Å². The molecule has 0 saturated heterocycles. The first kappa shape index (κ1) is 15.5. The molecule has 0 aliphatic carbocycles. The molecule has 1 aromatic heterocycles. The molecule has 0 atom stereocenters. The van der Waals surface area contributed by atoms with Crippen LogP contribution in [0, 0.1) is 13.8 Å². The molecule has 4 nitrogen and oxygen atoms in total. The molecule has 0 aliphatic heterocycles. The maximum atomic E-state index is 4.64. The zero-order valence-electron chi connectivity index (χ0n) is 12.8. The van der Waals surface area contributed by atoms with Crippen LogP contribution in [0.2, 0.25) is 0 Å². The Hall–Kier alpha value is -1.88. The summed E-state index contributed by atoms with van der Waals surface area (Å²) in [5.74, 6) is 0.827. The van der Waals surface area contributed by atoms with Crippen molar-refractivity contribution in [2.24, 2.45) is 4.99 Å². The van der Waals surface area contributed by atoms with Gasteiger partial charge >= 0.3 is 0 Å². The van der Waals surface area contributed by atoms with E-state index in [1.54, 1.807) is 11.3 Å². The lowest BCUT2D eigenvalue weighted by atomic mass is 10.1. The van der Waals surface area contributed by atoms with Gasteiger partial charge in [0, 0.05) is 17.6 Å². The van der Waals surface area contributed by atoms with Crippen molar-refractivity contribution in [3.8, 4) is 0 Å². The number of nitrogens with one attached hydrogen (secondary N) is 2. The summed E-state index contributed by atoms with van der Waals surface area (Å²) >= 11 is 1.71. The van der Waals surface area contributed by atoms with Crippen LogP contribution in [0.1, 0.15) is 27.9 Å². The number of aryl methyl sites for hydroxylation is 2. The second kappa shape index (κ2) is 7.78. The minimum atomic E-state index is 0.679. The van der Waals surface area contributed by atoms with Crippen LogP contribution in [0.15, 0.2) is 35.5 Å². The molecule has 1 aromatic carbocycles. The third-order valence-corrected chi connectivity index (χ3v) is 4.00. The molecule has 0 saturated carbocycles. The molecule has 0 amide bonds. The molecule has 21 heavy (non-hydrogen) atoms. The second-order valence-corrected chi connectivity index (χ2v) is 6.16. The van der Waals surface area contributed by atoms with E-state index in [1.807, 2.05) is 6.20 Å². The highest BCUT2D eigenvalue weighted by molar-refractivity contribution is 7.11. The number of nitrogens with zero attached hydrogens (tertiary/aromatic N) is 2. The van der Waals surface area contributed by atoms with Crippen molar-refractivity contribution in [3.05, 3.63) is 51.5 Å². The number of aliphatic imine (C=N–C) groups is 1. The maximum Gasteiger partial charge on any atom is 0.191 e. The van der Waals surface area contributed by atoms with E-state index in [-0.39, 0.29) is 0 Å². The van der Waals surface area contributed by atoms with E-state index in [1.165, 1.54) is 16.0 Å². The largest absolute Gasteiger partial charge is 0.357 e. The first-order valence-electron chi connectivity index (χ1n) is 7.17. The first-order chi connectivity index (χ1) is 10.2. The average molecular weight is 302 g/mol. The van der Waals surface area contributed by atoms with Gasteiger partial charge in [-0.3, -0.25) is 0 Å². The predicted octanol–water partition coefficient (Wildman–Crippen LogP) is 3.02. The average Bonchev–Trinajstić information content (AvgIpc) is 2.89. The van der Waals surface area contributed by atoms with E-state index in [0.717, 1.165) is 17.5 Å². The van der Waals surface area contributed by atoms with Gasteiger partial charge in [0.05, 0.1) is 13.1 Å². The lowest BCUT2D eigenvalue weighted by Gasteiger charge is -2.10. The monoisotopic (exact) mass is 302 g/mol. The molecule has 0 unspecified atom stereocenters. The summed E-state index contributed by atoms with van der Waals surface area (Å²) in [6, 6.07) is 8.34. The van der Waals surface area contributed by atoms with E-state index < -0.39 is 0 Å². The van der Waals surface area contributed by atoms with Crippen LogP contribution in [0.4, 0.5) is 0 Å². The van der Waals surface area contributed by atoms with Gasteiger partial charge in [0.2, 0.25) is 0 Å². The highest BCUT2D eigenvalue weighted by atomic mass is 32.1. The number of hydrogen-bond acceptors (Lipinski definition) is 3. The molecule has 2 N–H and O–H groups in total. The molecular formula is C16H22N4S. The molecule has 0 fully saturated rings. The SMILES string of the molecule is CCNC(=NCc1ccccc1C)NCc1ncc(C)s1. The van der Waals surface area contributed by atoms with E-state index in [0.29, 0.717) is 13.1 Å². The van der Waals surface area contributed by atoms with Gasteiger partial charge in [-0.15, -0.1) is 11.3 Å². The lowest BCUT2D eigenvalue weighted by molar-refractivity contribution is 0.811. The van der Waals surface area contributed by atoms with Crippen molar-refractivity contribution in [2.45, 2.75) is 33.9 Å². The number of aromatic nitrogens is 1. The van der Waals surface area contributed by atoms with Crippen LogP contribution in [-0.4, -0.2) is 17.5 Å². The fraction of sp³-hybridized carbons (Fsp3) is 0.375. The van der Waals surface area contributed by atoms with Crippen molar-refractivity contribution < 1.29 is 0 Å². The van der Waals surface area contributed by atoms with Crippen molar-refractivity contribution in [1.82, 2.24) is 15.6 Å². The fourth-order valence-corrected chi connectivity index (χ4v) is 2.66. The second-order valence-electron chi connectivity index (χ2n) is 4.84. The lowest BCUT2D eigenvalue weighted by Crippen LogP contribution is -2.36. The van der Waals surface area contributed by atoms with E-state index in [4.69, 9.17) is 0 Å². The van der Waals surface area contributed by atoms with E-state index in [2.05, 4.69) is 65.6 Å². The summed E-state index contributed by atoms with van der Waals surface area (Å²) in [4.78, 5) is 10.2. The highest BCUT2D eigenvalue weighted by Crippen LogP contribution is 2.10. The smallest absolute Gasteiger partial charge is 0.191 e. The molecule has 0 bridgehead atoms. The molecule has 0 spiro atoms. The van der Waals surface area contributed by atoms with Gasteiger partial charge in [-0.1, -0.05) is 24.3 Å². The van der Waals surface area contributed by atoms with E-state index in [9.17, 15) is 0 Å². The fourth-order valence-electron chi connectivity index (χ4n) is 1.94. The van der Waals surface area contributed by atoms with Gasteiger partial charge in [0.15, 0.2) is 5.96 Å². The maximum absolute atomic E-state index is 4.64. The summed E-state index contributed by atoms with van der Waals surface area (Å²) in [6.45, 7) is 8.48. The normalized spacial score (nSPS) is 11.5.